The van der Waals surface area contributed by atoms with Crippen LogP contribution in [0, 0.1) is 20.8 Å². The zero-order valence-corrected chi connectivity index (χ0v) is 22.5. The Morgan fingerprint density at radius 3 is 2.43 bits per heavy atom. The summed E-state index contributed by atoms with van der Waals surface area (Å²) in [6.45, 7) is 17.0. The van der Waals surface area contributed by atoms with E-state index in [9.17, 15) is 4.79 Å². The molecular formula is C28H32ClN3O2S. The van der Waals surface area contributed by atoms with Gasteiger partial charge in [0.1, 0.15) is 17.2 Å². The Morgan fingerprint density at radius 2 is 1.80 bits per heavy atom. The van der Waals surface area contributed by atoms with Crippen molar-refractivity contribution >= 4 is 33.8 Å². The molecule has 35 heavy (non-hydrogen) atoms. The summed E-state index contributed by atoms with van der Waals surface area (Å²) in [5.41, 5.74) is 3.48. The minimum atomic E-state index is -0.132. The molecule has 0 bridgehead atoms. The second kappa shape index (κ2) is 13.5. The molecule has 0 unspecified atom stereocenters. The average Bonchev–Trinajstić information content (AvgIpc) is 3.34. The summed E-state index contributed by atoms with van der Waals surface area (Å²) >= 11 is 6.73. The average molecular weight is 510 g/mol. The third-order valence-corrected chi connectivity index (χ3v) is 5.71. The van der Waals surface area contributed by atoms with E-state index in [1.54, 1.807) is 11.3 Å². The van der Waals surface area contributed by atoms with Crippen molar-refractivity contribution in [1.82, 2.24) is 14.7 Å². The van der Waals surface area contributed by atoms with Crippen LogP contribution in [0.15, 0.2) is 79.0 Å². The molecule has 0 atom stereocenters. The standard InChI is InChI=1S/C22H21N3O2S.C4H5Cl.C2H6/c1-14-7-9-18(10-8-14)27-19-6-4-5-17(11-19)12-23-21(26)20-16(3)24-22-25(20)13-15(2)28-22;1-3-4(2)5;1-2/h4-11,13H,12H2,1-3H3,(H,23,26);3H,1-2H2;1-2H3. The van der Waals surface area contributed by atoms with Gasteiger partial charge in [0.05, 0.1) is 5.69 Å². The van der Waals surface area contributed by atoms with E-state index >= 15 is 0 Å². The van der Waals surface area contributed by atoms with Crippen LogP contribution in [0.5, 0.6) is 11.5 Å². The first kappa shape index (κ1) is 27.9. The van der Waals surface area contributed by atoms with Crippen LogP contribution in [0.2, 0.25) is 0 Å². The molecule has 184 valence electrons. The van der Waals surface area contributed by atoms with Crippen LogP contribution in [0.4, 0.5) is 0 Å². The van der Waals surface area contributed by atoms with Crippen LogP contribution in [0.25, 0.3) is 4.96 Å². The van der Waals surface area contributed by atoms with Crippen molar-refractivity contribution in [2.75, 3.05) is 0 Å². The number of thiazole rings is 1. The fourth-order valence-corrected chi connectivity index (χ4v) is 3.94. The zero-order chi connectivity index (χ0) is 26.0. The van der Waals surface area contributed by atoms with Gasteiger partial charge in [-0.15, -0.1) is 11.3 Å². The van der Waals surface area contributed by atoms with Gasteiger partial charge in [-0.1, -0.05) is 74.5 Å². The molecule has 4 rings (SSSR count). The van der Waals surface area contributed by atoms with Gasteiger partial charge in [-0.25, -0.2) is 4.98 Å². The molecule has 5 nitrogen and oxygen atoms in total. The van der Waals surface area contributed by atoms with E-state index in [1.807, 2.05) is 93.7 Å². The van der Waals surface area contributed by atoms with Crippen molar-refractivity contribution < 1.29 is 9.53 Å². The second-order valence-corrected chi connectivity index (χ2v) is 9.14. The Morgan fingerprint density at radius 1 is 1.14 bits per heavy atom. The molecule has 2 aromatic carbocycles. The summed E-state index contributed by atoms with van der Waals surface area (Å²) < 4.78 is 7.77. The van der Waals surface area contributed by atoms with Gasteiger partial charge in [0.15, 0.2) is 4.96 Å². The Hall–Kier alpha value is -3.35. The number of carbonyl (C=O) groups is 1. The number of hydrogen-bond acceptors (Lipinski definition) is 4. The Balaban J connectivity index is 0.000000551. The van der Waals surface area contributed by atoms with Gasteiger partial charge in [-0.2, -0.15) is 0 Å². The molecule has 0 spiro atoms. The molecular weight excluding hydrogens is 478 g/mol. The van der Waals surface area contributed by atoms with E-state index in [1.165, 1.54) is 11.6 Å². The predicted molar refractivity (Wildman–Crippen MR) is 148 cm³/mol. The van der Waals surface area contributed by atoms with Crippen molar-refractivity contribution in [3.05, 3.63) is 106 Å². The van der Waals surface area contributed by atoms with E-state index in [2.05, 4.69) is 23.5 Å². The first-order chi connectivity index (χ1) is 16.8. The van der Waals surface area contributed by atoms with Crippen LogP contribution in [0.1, 0.15) is 46.0 Å². The topological polar surface area (TPSA) is 55.6 Å². The largest absolute Gasteiger partial charge is 0.457 e. The molecule has 2 heterocycles. The predicted octanol–water partition coefficient (Wildman–Crippen LogP) is 7.99. The zero-order valence-electron chi connectivity index (χ0n) is 20.9. The maximum Gasteiger partial charge on any atom is 0.270 e. The Labute approximate surface area is 216 Å². The van der Waals surface area contributed by atoms with Crippen molar-refractivity contribution in [3.8, 4) is 11.5 Å². The van der Waals surface area contributed by atoms with Crippen LogP contribution >= 0.6 is 22.9 Å². The summed E-state index contributed by atoms with van der Waals surface area (Å²) in [4.78, 5) is 19.2. The lowest BCUT2D eigenvalue weighted by Gasteiger charge is -2.09. The lowest BCUT2D eigenvalue weighted by atomic mass is 10.2. The van der Waals surface area contributed by atoms with Crippen molar-refractivity contribution in [3.63, 3.8) is 0 Å². The maximum absolute atomic E-state index is 12.7. The molecule has 0 aliphatic carbocycles. The van der Waals surface area contributed by atoms with E-state index in [0.717, 1.165) is 32.6 Å². The van der Waals surface area contributed by atoms with Crippen molar-refractivity contribution in [2.24, 2.45) is 0 Å². The lowest BCUT2D eigenvalue weighted by molar-refractivity contribution is 0.0944. The highest BCUT2D eigenvalue weighted by molar-refractivity contribution is 7.17. The first-order valence-corrected chi connectivity index (χ1v) is 12.5. The normalized spacial score (nSPS) is 9.89. The van der Waals surface area contributed by atoms with Gasteiger partial charge in [0, 0.05) is 22.7 Å². The molecule has 0 saturated carbocycles. The lowest BCUT2D eigenvalue weighted by Crippen LogP contribution is -2.24. The van der Waals surface area contributed by atoms with Crippen LogP contribution in [0.3, 0.4) is 0 Å². The monoisotopic (exact) mass is 509 g/mol. The van der Waals surface area contributed by atoms with Crippen molar-refractivity contribution in [2.45, 2.75) is 41.2 Å². The Bertz CT molecular complexity index is 1290. The third kappa shape index (κ3) is 8.12. The van der Waals surface area contributed by atoms with E-state index < -0.39 is 0 Å². The highest BCUT2D eigenvalue weighted by Crippen LogP contribution is 2.23. The molecule has 0 radical (unpaired) electrons. The minimum Gasteiger partial charge on any atom is -0.457 e. The molecule has 0 fully saturated rings. The molecule has 1 amide bonds. The summed E-state index contributed by atoms with van der Waals surface area (Å²) in [5, 5.41) is 3.48. The number of aryl methyl sites for hydroxylation is 3. The van der Waals surface area contributed by atoms with Gasteiger partial charge < -0.3 is 10.1 Å². The summed E-state index contributed by atoms with van der Waals surface area (Å²) in [5.74, 6) is 1.40. The van der Waals surface area contributed by atoms with Gasteiger partial charge in [-0.05, 0) is 50.6 Å². The maximum atomic E-state index is 12.7. The summed E-state index contributed by atoms with van der Waals surface area (Å²) in [7, 11) is 0. The van der Waals surface area contributed by atoms with Gasteiger partial charge in [-0.3, -0.25) is 9.20 Å². The molecule has 7 heteroatoms. The fourth-order valence-electron chi connectivity index (χ4n) is 3.07. The van der Waals surface area contributed by atoms with Crippen LogP contribution in [-0.2, 0) is 6.54 Å². The van der Waals surface area contributed by atoms with Gasteiger partial charge >= 0.3 is 0 Å². The van der Waals surface area contributed by atoms with Crippen LogP contribution < -0.4 is 10.1 Å². The number of aromatic nitrogens is 2. The number of rotatable bonds is 6. The number of amides is 1. The quantitative estimate of drug-likeness (QED) is 0.268. The third-order valence-electron chi connectivity index (χ3n) is 4.66. The number of carbonyl (C=O) groups excluding carboxylic acids is 1. The van der Waals surface area contributed by atoms with E-state index in [4.69, 9.17) is 16.3 Å². The number of nitrogens with one attached hydrogen (secondary N) is 1. The summed E-state index contributed by atoms with van der Waals surface area (Å²) in [6, 6.07) is 15.7. The van der Waals surface area contributed by atoms with E-state index in [0.29, 0.717) is 17.3 Å². The second-order valence-electron chi connectivity index (χ2n) is 7.44. The number of halogens is 1. The molecule has 0 aliphatic rings. The molecule has 4 aromatic rings. The Kier molecular flexibility index (Phi) is 10.8. The molecule has 2 aromatic heterocycles. The molecule has 1 N–H and O–H groups in total. The number of fused-ring (bicyclic) bond motifs is 1. The smallest absolute Gasteiger partial charge is 0.270 e. The van der Waals surface area contributed by atoms with Gasteiger partial charge in [0.2, 0.25) is 0 Å². The highest BCUT2D eigenvalue weighted by Gasteiger charge is 2.17. The van der Waals surface area contributed by atoms with E-state index in [-0.39, 0.29) is 5.91 Å². The molecule has 0 saturated heterocycles. The number of imidazole rings is 1. The molecule has 0 aliphatic heterocycles. The first-order valence-electron chi connectivity index (χ1n) is 11.3. The van der Waals surface area contributed by atoms with Crippen LogP contribution in [-0.4, -0.2) is 15.3 Å². The number of ether oxygens (including phenoxy) is 1. The minimum absolute atomic E-state index is 0.132. The number of allylic oxidation sites excluding steroid dienone is 2. The fraction of sp³-hybridized carbons (Fsp3) is 0.214. The SMILES string of the molecule is C=CC(=C)Cl.CC.Cc1ccc(Oc2cccc(CNC(=O)c3c(C)nc4sc(C)cn34)c2)cc1. The van der Waals surface area contributed by atoms with Crippen molar-refractivity contribution in [1.29, 1.82) is 0 Å². The number of hydrogen-bond donors (Lipinski definition) is 1. The number of nitrogens with zero attached hydrogens (tertiary/aromatic N) is 2. The number of benzene rings is 2. The highest BCUT2D eigenvalue weighted by atomic mass is 35.5. The summed E-state index contributed by atoms with van der Waals surface area (Å²) in [6.07, 6.45) is 3.44. The van der Waals surface area contributed by atoms with Gasteiger partial charge in [0.25, 0.3) is 5.91 Å².